The number of carbonyl (C=O) groups is 1. The molecule has 0 aliphatic heterocycles. The third kappa shape index (κ3) is 4.93. The van der Waals surface area contributed by atoms with E-state index in [1.54, 1.807) is 19.1 Å². The summed E-state index contributed by atoms with van der Waals surface area (Å²) in [6, 6.07) is 9.49. The van der Waals surface area contributed by atoms with Gasteiger partial charge in [-0.3, -0.25) is 0 Å². The van der Waals surface area contributed by atoms with Gasteiger partial charge in [-0.15, -0.1) is 0 Å². The number of hydrogen-bond donors (Lipinski definition) is 0. The largest absolute Gasteiger partial charge is 0.423 e. The summed E-state index contributed by atoms with van der Waals surface area (Å²) in [7, 11) is -10.2. The van der Waals surface area contributed by atoms with Gasteiger partial charge in [0.1, 0.15) is 16.5 Å². The van der Waals surface area contributed by atoms with Gasteiger partial charge in [0.15, 0.2) is 0 Å². The second kappa shape index (κ2) is 7.03. The van der Waals surface area contributed by atoms with Gasteiger partial charge < -0.3 is 4.74 Å². The fraction of sp³-hybridized carbons (Fsp3) is 0.174. The molecule has 0 heterocycles. The predicted molar refractivity (Wildman–Crippen MR) is 114 cm³/mol. The quantitative estimate of drug-likeness (QED) is 0.215. The van der Waals surface area contributed by atoms with Crippen LogP contribution in [0.25, 0.3) is 11.1 Å². The lowest BCUT2D eigenvalue weighted by Gasteiger charge is -2.40. The molecule has 0 atom stereocenters. The third-order valence-electron chi connectivity index (χ3n) is 4.94. The highest BCUT2D eigenvalue weighted by molar-refractivity contribution is 8.45. The van der Waals surface area contributed by atoms with Gasteiger partial charge in [0.2, 0.25) is 0 Å². The van der Waals surface area contributed by atoms with E-state index in [-0.39, 0.29) is 17.7 Å². The molecule has 0 aromatic heterocycles. The number of ether oxygens (including phenoxy) is 1. The van der Waals surface area contributed by atoms with E-state index >= 15 is 0 Å². The Morgan fingerprint density at radius 3 is 1.88 bits per heavy atom. The lowest BCUT2D eigenvalue weighted by Crippen LogP contribution is -2.12. The van der Waals surface area contributed by atoms with Gasteiger partial charge in [-0.25, -0.2) is 9.18 Å². The maximum absolute atomic E-state index is 13.8. The van der Waals surface area contributed by atoms with Crippen molar-refractivity contribution in [1.29, 1.82) is 0 Å². The fourth-order valence-corrected chi connectivity index (χ4v) is 4.46. The summed E-state index contributed by atoms with van der Waals surface area (Å²) in [5.41, 5.74) is 5.72. The van der Waals surface area contributed by atoms with Crippen LogP contribution in [0.3, 0.4) is 0 Å². The SMILES string of the molecule is Cc1cc(C)c(-c2ccc(C(=O)Oc3ccc(S(F)(F)(F)(F)F)c(F)c3)c(C)c2)c(C)c1. The maximum Gasteiger partial charge on any atom is 0.343 e. The molecule has 3 aromatic rings. The second-order valence-electron chi connectivity index (χ2n) is 7.75. The molecular weight excluding hydrogens is 454 g/mol. The minimum atomic E-state index is -10.2. The smallest absolute Gasteiger partial charge is 0.343 e. The minimum absolute atomic E-state index is 0.105. The summed E-state index contributed by atoms with van der Waals surface area (Å²) in [5.74, 6) is -3.79. The molecule has 0 aliphatic rings. The first kappa shape index (κ1) is 23.7. The van der Waals surface area contributed by atoms with Crippen molar-refractivity contribution < 1.29 is 33.4 Å². The summed E-state index contributed by atoms with van der Waals surface area (Å²) in [6.07, 6.45) is 0. The van der Waals surface area contributed by atoms with Crippen molar-refractivity contribution >= 4 is 16.2 Å². The normalized spacial score (nSPS) is 13.9. The molecule has 9 heteroatoms. The average molecular weight is 474 g/mol. The van der Waals surface area contributed by atoms with Crippen molar-refractivity contribution in [2.24, 2.45) is 0 Å². The Balaban J connectivity index is 1.90. The van der Waals surface area contributed by atoms with Crippen molar-refractivity contribution in [3.8, 4) is 16.9 Å². The second-order valence-corrected chi connectivity index (χ2v) is 10.1. The van der Waals surface area contributed by atoms with Crippen molar-refractivity contribution in [2.75, 3.05) is 0 Å². The van der Waals surface area contributed by atoms with E-state index in [0.717, 1.165) is 27.8 Å². The molecule has 0 saturated carbocycles. The lowest BCUT2D eigenvalue weighted by molar-refractivity contribution is 0.0733. The zero-order valence-corrected chi connectivity index (χ0v) is 18.4. The van der Waals surface area contributed by atoms with E-state index in [1.165, 1.54) is 6.07 Å². The van der Waals surface area contributed by atoms with Crippen LogP contribution in [-0.4, -0.2) is 5.97 Å². The zero-order valence-electron chi connectivity index (χ0n) is 17.6. The third-order valence-corrected chi connectivity index (χ3v) is 6.10. The Hall–Kier alpha value is -2.94. The first-order valence-electron chi connectivity index (χ1n) is 9.41. The van der Waals surface area contributed by atoms with E-state index in [0.29, 0.717) is 11.6 Å². The van der Waals surface area contributed by atoms with E-state index in [2.05, 4.69) is 0 Å². The van der Waals surface area contributed by atoms with E-state index in [9.17, 15) is 28.6 Å². The molecule has 0 spiro atoms. The van der Waals surface area contributed by atoms with E-state index in [4.69, 9.17) is 4.74 Å². The van der Waals surface area contributed by atoms with Crippen LogP contribution in [-0.2, 0) is 0 Å². The van der Waals surface area contributed by atoms with E-state index in [1.807, 2.05) is 32.9 Å². The first-order valence-corrected chi connectivity index (χ1v) is 11.4. The summed E-state index contributed by atoms with van der Waals surface area (Å²) in [4.78, 5) is 9.81. The molecule has 0 unspecified atom stereocenters. The van der Waals surface area contributed by atoms with Crippen molar-refractivity contribution in [3.63, 3.8) is 0 Å². The Bertz CT molecular complexity index is 1230. The molecule has 0 aliphatic carbocycles. The van der Waals surface area contributed by atoms with Crippen LogP contribution in [0.2, 0.25) is 0 Å². The Kier molecular flexibility index (Phi) is 5.21. The zero-order chi connectivity index (χ0) is 24.1. The van der Waals surface area contributed by atoms with Crippen LogP contribution < -0.4 is 4.74 Å². The molecular formula is C23H20F6O2S. The van der Waals surface area contributed by atoms with Gasteiger partial charge in [0.05, 0.1) is 5.56 Å². The Morgan fingerprint density at radius 2 is 1.38 bits per heavy atom. The molecule has 0 N–H and O–H groups in total. The number of halogens is 6. The molecule has 0 saturated heterocycles. The molecule has 32 heavy (non-hydrogen) atoms. The highest BCUT2D eigenvalue weighted by Gasteiger charge is 2.67. The van der Waals surface area contributed by atoms with Gasteiger partial charge in [0, 0.05) is 6.07 Å². The minimum Gasteiger partial charge on any atom is -0.423 e. The van der Waals surface area contributed by atoms with Crippen molar-refractivity contribution in [3.05, 3.63) is 82.2 Å². The predicted octanol–water partition coefficient (Wildman–Crippen LogP) is 8.60. The molecule has 3 rings (SSSR count). The highest BCUT2D eigenvalue weighted by Crippen LogP contribution is 3.02. The molecule has 3 aromatic carbocycles. The maximum atomic E-state index is 13.8. The van der Waals surface area contributed by atoms with Crippen LogP contribution >= 0.6 is 10.2 Å². The summed E-state index contributed by atoms with van der Waals surface area (Å²) in [6.45, 7) is 7.58. The standard InChI is InChI=1S/C23H20F6O2S/c1-13-9-15(3)22(16(4)10-13)17-5-7-19(14(2)11-17)23(30)31-18-6-8-21(20(24)12-18)32(25,26,27,28)29/h5-12H,1-4H3. The van der Waals surface area contributed by atoms with Gasteiger partial charge in [-0.1, -0.05) is 49.3 Å². The summed E-state index contributed by atoms with van der Waals surface area (Å²) < 4.78 is 82.8. The van der Waals surface area contributed by atoms with Crippen LogP contribution in [0.5, 0.6) is 5.75 Å². The lowest BCUT2D eigenvalue weighted by atomic mass is 9.92. The number of esters is 1. The molecule has 172 valence electrons. The number of hydrogen-bond acceptors (Lipinski definition) is 2. The Morgan fingerprint density at radius 1 is 0.781 bits per heavy atom. The summed E-state index contributed by atoms with van der Waals surface area (Å²) >= 11 is 0. The molecule has 0 amide bonds. The number of benzene rings is 3. The monoisotopic (exact) mass is 474 g/mol. The van der Waals surface area contributed by atoms with Gasteiger partial charge in [0.25, 0.3) is 0 Å². The topological polar surface area (TPSA) is 26.3 Å². The van der Waals surface area contributed by atoms with Crippen LogP contribution in [0.1, 0.15) is 32.6 Å². The summed E-state index contributed by atoms with van der Waals surface area (Å²) in [5, 5.41) is 0. The molecule has 0 bridgehead atoms. The highest BCUT2D eigenvalue weighted by atomic mass is 32.5. The van der Waals surface area contributed by atoms with Gasteiger partial charge >= 0.3 is 16.2 Å². The number of carbonyl (C=O) groups excluding carboxylic acids is 1. The number of aryl methyl sites for hydroxylation is 4. The van der Waals surface area contributed by atoms with E-state index < -0.39 is 32.7 Å². The fourth-order valence-electron chi connectivity index (χ4n) is 3.70. The number of rotatable bonds is 4. The first-order chi connectivity index (χ1) is 14.5. The van der Waals surface area contributed by atoms with Gasteiger partial charge in [-0.2, -0.15) is 0 Å². The van der Waals surface area contributed by atoms with Crippen LogP contribution in [0.15, 0.2) is 53.4 Å². The molecule has 0 radical (unpaired) electrons. The Labute approximate surface area is 181 Å². The molecule has 2 nitrogen and oxygen atoms in total. The van der Waals surface area contributed by atoms with Crippen molar-refractivity contribution in [1.82, 2.24) is 0 Å². The molecule has 0 fully saturated rings. The van der Waals surface area contributed by atoms with Crippen LogP contribution in [0.4, 0.5) is 23.8 Å². The average Bonchev–Trinajstić information content (AvgIpc) is 2.58. The van der Waals surface area contributed by atoms with Gasteiger partial charge in [-0.05, 0) is 73.7 Å². The van der Waals surface area contributed by atoms with Crippen molar-refractivity contribution in [2.45, 2.75) is 32.6 Å². The van der Waals surface area contributed by atoms with Crippen LogP contribution in [0, 0.1) is 33.5 Å².